The topological polar surface area (TPSA) is 33.2 Å². The van der Waals surface area contributed by atoms with Gasteiger partial charge in [0.05, 0.1) is 0 Å². The van der Waals surface area contributed by atoms with Gasteiger partial charge in [-0.25, -0.2) is 4.98 Å². The van der Waals surface area contributed by atoms with Crippen molar-refractivity contribution in [1.82, 2.24) is 4.98 Å². The minimum atomic E-state index is 0.0717. The van der Waals surface area contributed by atoms with Crippen molar-refractivity contribution in [1.29, 1.82) is 0 Å². The van der Waals surface area contributed by atoms with E-state index in [9.17, 15) is 4.79 Å². The highest BCUT2D eigenvalue weighted by molar-refractivity contribution is 5.93. The molecule has 0 bridgehead atoms. The lowest BCUT2D eigenvalue weighted by Crippen LogP contribution is -2.46. The Morgan fingerprint density at radius 1 is 1.33 bits per heavy atom. The molecular weight excluding hydrogens is 224 g/mol. The molecule has 0 spiro atoms. The monoisotopic (exact) mass is 246 g/mol. The minimum absolute atomic E-state index is 0.0717. The van der Waals surface area contributed by atoms with E-state index in [1.165, 1.54) is 6.42 Å². The van der Waals surface area contributed by atoms with Crippen LogP contribution in [0.3, 0.4) is 0 Å². The lowest BCUT2D eigenvalue weighted by atomic mass is 9.86. The highest BCUT2D eigenvalue weighted by atomic mass is 16.1. The molecule has 1 aromatic rings. The lowest BCUT2D eigenvalue weighted by Gasteiger charge is -2.41. The molecule has 1 aliphatic rings. The molecule has 1 fully saturated rings. The van der Waals surface area contributed by atoms with Gasteiger partial charge in [0.15, 0.2) is 5.78 Å². The Hall–Kier alpha value is -1.38. The summed E-state index contributed by atoms with van der Waals surface area (Å²) in [5, 5.41) is 0. The first-order valence-corrected chi connectivity index (χ1v) is 6.72. The smallest absolute Gasteiger partial charge is 0.161 e. The number of anilines is 1. The molecule has 3 atom stereocenters. The maximum absolute atomic E-state index is 11.2. The van der Waals surface area contributed by atoms with Crippen LogP contribution in [0.2, 0.25) is 0 Å². The Labute approximate surface area is 109 Å². The third-order valence-corrected chi connectivity index (χ3v) is 4.05. The number of pyridine rings is 1. The average Bonchev–Trinajstić information content (AvgIpc) is 2.34. The van der Waals surface area contributed by atoms with Crippen LogP contribution in [0.4, 0.5) is 5.82 Å². The summed E-state index contributed by atoms with van der Waals surface area (Å²) >= 11 is 0. The first-order valence-electron chi connectivity index (χ1n) is 6.72. The molecule has 3 nitrogen and oxygen atoms in total. The Kier molecular flexibility index (Phi) is 3.69. The number of hydrogen-bond acceptors (Lipinski definition) is 3. The number of ketones is 1. The van der Waals surface area contributed by atoms with Gasteiger partial charge in [0.2, 0.25) is 0 Å². The van der Waals surface area contributed by atoms with Crippen LogP contribution < -0.4 is 4.90 Å². The Balaban J connectivity index is 2.21. The van der Waals surface area contributed by atoms with Gasteiger partial charge in [-0.1, -0.05) is 13.8 Å². The van der Waals surface area contributed by atoms with Gasteiger partial charge in [-0.3, -0.25) is 4.79 Å². The molecule has 0 amide bonds. The van der Waals surface area contributed by atoms with Crippen molar-refractivity contribution in [2.24, 2.45) is 11.8 Å². The maximum Gasteiger partial charge on any atom is 0.161 e. The normalized spacial score (nSPS) is 28.2. The van der Waals surface area contributed by atoms with Gasteiger partial charge in [-0.2, -0.15) is 0 Å². The fourth-order valence-corrected chi connectivity index (χ4v) is 2.78. The van der Waals surface area contributed by atoms with Gasteiger partial charge in [0, 0.05) is 24.3 Å². The number of piperidine rings is 1. The summed E-state index contributed by atoms with van der Waals surface area (Å²) in [6, 6.07) is 4.36. The van der Waals surface area contributed by atoms with Crippen LogP contribution in [-0.2, 0) is 0 Å². The van der Waals surface area contributed by atoms with Crippen molar-refractivity contribution in [3.63, 3.8) is 0 Å². The van der Waals surface area contributed by atoms with Gasteiger partial charge in [-0.15, -0.1) is 0 Å². The predicted octanol–water partition coefficient (Wildman–Crippen LogP) is 3.16. The fraction of sp³-hybridized carbons (Fsp3) is 0.600. The van der Waals surface area contributed by atoms with E-state index in [2.05, 4.69) is 30.7 Å². The second-order valence-electron chi connectivity index (χ2n) is 5.67. The number of rotatable bonds is 2. The summed E-state index contributed by atoms with van der Waals surface area (Å²) in [5.41, 5.74) is 0.685. The third kappa shape index (κ3) is 2.55. The molecule has 0 aliphatic carbocycles. The number of Topliss-reactive ketones (excluding diaryl/α,β-unsaturated/α-hetero) is 1. The molecule has 0 aromatic carbocycles. The molecule has 98 valence electrons. The Bertz CT molecular complexity index is 427. The fourth-order valence-electron chi connectivity index (χ4n) is 2.78. The van der Waals surface area contributed by atoms with Crippen molar-refractivity contribution in [3.05, 3.63) is 23.9 Å². The summed E-state index contributed by atoms with van der Waals surface area (Å²) in [6.45, 7) is 9.48. The van der Waals surface area contributed by atoms with Crippen LogP contribution in [0.25, 0.3) is 0 Å². The minimum Gasteiger partial charge on any atom is -0.353 e. The zero-order valence-corrected chi connectivity index (χ0v) is 11.7. The summed E-state index contributed by atoms with van der Waals surface area (Å²) in [6.07, 6.45) is 2.97. The van der Waals surface area contributed by atoms with E-state index in [4.69, 9.17) is 0 Å². The summed E-state index contributed by atoms with van der Waals surface area (Å²) in [7, 11) is 0. The second kappa shape index (κ2) is 5.09. The summed E-state index contributed by atoms with van der Waals surface area (Å²) in [4.78, 5) is 18.1. The van der Waals surface area contributed by atoms with E-state index in [0.29, 0.717) is 23.4 Å². The molecule has 2 rings (SSSR count). The van der Waals surface area contributed by atoms with Gasteiger partial charge < -0.3 is 4.90 Å². The van der Waals surface area contributed by atoms with E-state index >= 15 is 0 Å². The molecule has 1 saturated heterocycles. The van der Waals surface area contributed by atoms with E-state index in [0.717, 1.165) is 12.4 Å². The van der Waals surface area contributed by atoms with Gasteiger partial charge in [-0.05, 0) is 44.2 Å². The highest BCUT2D eigenvalue weighted by Crippen LogP contribution is 2.30. The first-order chi connectivity index (χ1) is 8.49. The number of aromatic nitrogens is 1. The van der Waals surface area contributed by atoms with Crippen LogP contribution in [0.15, 0.2) is 18.3 Å². The summed E-state index contributed by atoms with van der Waals surface area (Å²) < 4.78 is 0. The maximum atomic E-state index is 11.2. The molecule has 18 heavy (non-hydrogen) atoms. The van der Waals surface area contributed by atoms with Crippen molar-refractivity contribution >= 4 is 11.6 Å². The van der Waals surface area contributed by atoms with Gasteiger partial charge in [0.1, 0.15) is 5.82 Å². The molecule has 3 heteroatoms. The van der Waals surface area contributed by atoms with E-state index < -0.39 is 0 Å². The summed E-state index contributed by atoms with van der Waals surface area (Å²) in [5.74, 6) is 2.45. The van der Waals surface area contributed by atoms with Crippen LogP contribution in [0.1, 0.15) is 44.5 Å². The van der Waals surface area contributed by atoms with E-state index in [-0.39, 0.29) is 5.78 Å². The van der Waals surface area contributed by atoms with Crippen LogP contribution >= 0.6 is 0 Å². The van der Waals surface area contributed by atoms with E-state index in [1.807, 2.05) is 12.1 Å². The molecule has 2 heterocycles. The molecule has 0 radical (unpaired) electrons. The molecule has 3 unspecified atom stereocenters. The quantitative estimate of drug-likeness (QED) is 0.752. The van der Waals surface area contributed by atoms with Crippen molar-refractivity contribution in [2.75, 3.05) is 11.4 Å². The standard InChI is InChI=1S/C15H22N2O/c1-10-7-11(2)12(3)17(9-10)15-6-5-14(8-16-15)13(4)18/h5-6,8,10-12H,7,9H2,1-4H3. The zero-order valence-electron chi connectivity index (χ0n) is 11.7. The van der Waals surface area contributed by atoms with Crippen molar-refractivity contribution in [2.45, 2.75) is 40.2 Å². The van der Waals surface area contributed by atoms with Crippen molar-refractivity contribution < 1.29 is 4.79 Å². The van der Waals surface area contributed by atoms with Gasteiger partial charge in [0.25, 0.3) is 0 Å². The number of hydrogen-bond donors (Lipinski definition) is 0. The number of carbonyl (C=O) groups is 1. The van der Waals surface area contributed by atoms with Crippen LogP contribution in [0, 0.1) is 11.8 Å². The molecule has 1 aromatic heterocycles. The Morgan fingerprint density at radius 2 is 2.06 bits per heavy atom. The molecule has 0 saturated carbocycles. The highest BCUT2D eigenvalue weighted by Gasteiger charge is 2.29. The molecule has 1 aliphatic heterocycles. The lowest BCUT2D eigenvalue weighted by molar-refractivity contribution is 0.101. The average molecular weight is 246 g/mol. The Morgan fingerprint density at radius 3 is 2.61 bits per heavy atom. The number of carbonyl (C=O) groups excluding carboxylic acids is 1. The zero-order chi connectivity index (χ0) is 13.3. The molecular formula is C15H22N2O. The van der Waals surface area contributed by atoms with Crippen LogP contribution in [0.5, 0.6) is 0 Å². The van der Waals surface area contributed by atoms with Gasteiger partial charge >= 0.3 is 0 Å². The van der Waals surface area contributed by atoms with Crippen LogP contribution in [-0.4, -0.2) is 23.4 Å². The largest absolute Gasteiger partial charge is 0.353 e. The predicted molar refractivity (Wildman–Crippen MR) is 74.0 cm³/mol. The third-order valence-electron chi connectivity index (χ3n) is 4.05. The van der Waals surface area contributed by atoms with E-state index in [1.54, 1.807) is 13.1 Å². The number of nitrogens with zero attached hydrogens (tertiary/aromatic N) is 2. The second-order valence-corrected chi connectivity index (χ2v) is 5.67. The first kappa shape index (κ1) is 13.1. The SMILES string of the molecule is CC(=O)c1ccc(N2CC(C)CC(C)C2C)nc1. The van der Waals surface area contributed by atoms with Crippen molar-refractivity contribution in [3.8, 4) is 0 Å². The molecule has 0 N–H and O–H groups in total.